The van der Waals surface area contributed by atoms with Gasteiger partial charge in [-0.25, -0.2) is 8.42 Å². The summed E-state index contributed by atoms with van der Waals surface area (Å²) in [5.74, 6) is -0.0689. The maximum Gasteiger partial charge on any atom is 0.287 e. The van der Waals surface area contributed by atoms with Crippen LogP contribution in [0.1, 0.15) is 55.5 Å². The van der Waals surface area contributed by atoms with Gasteiger partial charge in [-0.2, -0.15) is 0 Å². The summed E-state index contributed by atoms with van der Waals surface area (Å²) in [5, 5.41) is 2.57. The molecule has 2 heterocycles. The standard InChI is InChI=1S/C22H27BrN2O5S/c1-31(28,29)19-5-3-2-4-17(19)14-6-8-16(9-7-14)25-13-15(12-21(25)26)24-22(27)18-10-11-20(23)30-18/h6,8,10-11,15,17,19H,2-5,7,9,12-13H2,1H3,(H,24,27). The first-order chi connectivity index (χ1) is 14.7. The first kappa shape index (κ1) is 22.3. The molecule has 7 nitrogen and oxygen atoms in total. The molecule has 1 aromatic heterocycles. The van der Waals surface area contributed by atoms with Crippen LogP contribution in [0.15, 0.2) is 44.6 Å². The van der Waals surface area contributed by atoms with Gasteiger partial charge in [0.1, 0.15) is 0 Å². The molecule has 168 valence electrons. The van der Waals surface area contributed by atoms with Crippen LogP contribution in [0.5, 0.6) is 0 Å². The van der Waals surface area contributed by atoms with Crippen molar-refractivity contribution >= 4 is 37.6 Å². The number of nitrogens with zero attached hydrogens (tertiary/aromatic N) is 1. The smallest absolute Gasteiger partial charge is 0.287 e. The number of rotatable bonds is 5. The molecule has 0 spiro atoms. The summed E-state index contributed by atoms with van der Waals surface area (Å²) < 4.78 is 30.2. The van der Waals surface area contributed by atoms with Gasteiger partial charge in [-0.05, 0) is 65.7 Å². The fourth-order valence-electron chi connectivity index (χ4n) is 4.98. The van der Waals surface area contributed by atoms with Crippen LogP contribution in [0.4, 0.5) is 0 Å². The molecule has 3 aliphatic rings. The van der Waals surface area contributed by atoms with Gasteiger partial charge in [0.2, 0.25) is 5.91 Å². The molecular formula is C22H27BrN2O5S. The third-order valence-electron chi connectivity index (χ3n) is 6.49. The molecule has 0 radical (unpaired) electrons. The van der Waals surface area contributed by atoms with E-state index in [1.54, 1.807) is 17.0 Å². The highest BCUT2D eigenvalue weighted by molar-refractivity contribution is 9.10. The van der Waals surface area contributed by atoms with Gasteiger partial charge in [0.15, 0.2) is 20.3 Å². The van der Waals surface area contributed by atoms with Crippen LogP contribution >= 0.6 is 15.9 Å². The van der Waals surface area contributed by atoms with Gasteiger partial charge in [0.25, 0.3) is 5.91 Å². The minimum absolute atomic E-state index is 0.0132. The van der Waals surface area contributed by atoms with Crippen LogP contribution in [0.2, 0.25) is 0 Å². The van der Waals surface area contributed by atoms with Crippen molar-refractivity contribution in [3.8, 4) is 0 Å². The van der Waals surface area contributed by atoms with Gasteiger partial charge in [-0.1, -0.05) is 24.5 Å². The van der Waals surface area contributed by atoms with Crippen molar-refractivity contribution in [3.05, 3.63) is 46.0 Å². The summed E-state index contributed by atoms with van der Waals surface area (Å²) in [6, 6.07) is 2.96. The third kappa shape index (κ3) is 4.98. The van der Waals surface area contributed by atoms with Crippen LogP contribution in [0, 0.1) is 5.92 Å². The van der Waals surface area contributed by atoms with Crippen molar-refractivity contribution in [2.45, 2.75) is 56.2 Å². The largest absolute Gasteiger partial charge is 0.444 e. The lowest BCUT2D eigenvalue weighted by Crippen LogP contribution is -2.37. The Hall–Kier alpha value is -1.87. The van der Waals surface area contributed by atoms with E-state index in [0.717, 1.165) is 37.8 Å². The average Bonchev–Trinajstić information content (AvgIpc) is 3.33. The number of hydrogen-bond acceptors (Lipinski definition) is 5. The second-order valence-corrected chi connectivity index (χ2v) is 11.7. The molecular weight excluding hydrogens is 484 g/mol. The van der Waals surface area contributed by atoms with Crippen molar-refractivity contribution in [2.75, 3.05) is 12.8 Å². The lowest BCUT2D eigenvalue weighted by atomic mass is 9.80. The van der Waals surface area contributed by atoms with Crippen LogP contribution < -0.4 is 5.32 Å². The molecule has 0 bridgehead atoms. The van der Waals surface area contributed by atoms with Crippen molar-refractivity contribution in [3.63, 3.8) is 0 Å². The highest BCUT2D eigenvalue weighted by Gasteiger charge is 2.37. The number of sulfone groups is 1. The Morgan fingerprint density at radius 3 is 2.61 bits per heavy atom. The SMILES string of the molecule is CS(=O)(=O)C1CCCCC1C1=CC=C(N2CC(NC(=O)c3ccc(Br)o3)CC2=O)CC1. The minimum Gasteiger partial charge on any atom is -0.444 e. The van der Waals surface area contributed by atoms with Gasteiger partial charge in [0.05, 0.1) is 11.3 Å². The predicted octanol–water partition coefficient (Wildman–Crippen LogP) is 3.58. The van der Waals surface area contributed by atoms with Crippen molar-refractivity contribution in [2.24, 2.45) is 5.92 Å². The number of hydrogen-bond donors (Lipinski definition) is 1. The van der Waals surface area contributed by atoms with Gasteiger partial charge >= 0.3 is 0 Å². The normalized spacial score (nSPS) is 27.1. The maximum absolute atomic E-state index is 12.6. The highest BCUT2D eigenvalue weighted by Crippen LogP contribution is 2.38. The van der Waals surface area contributed by atoms with E-state index in [1.165, 1.54) is 11.8 Å². The van der Waals surface area contributed by atoms with Crippen molar-refractivity contribution < 1.29 is 22.4 Å². The molecule has 1 aliphatic heterocycles. The van der Waals surface area contributed by atoms with E-state index in [2.05, 4.69) is 21.2 Å². The lowest BCUT2D eigenvalue weighted by Gasteiger charge is -2.34. The molecule has 2 aliphatic carbocycles. The number of carbonyl (C=O) groups is 2. The van der Waals surface area contributed by atoms with E-state index in [9.17, 15) is 18.0 Å². The first-order valence-corrected chi connectivity index (χ1v) is 13.4. The molecule has 4 rings (SSSR count). The summed E-state index contributed by atoms with van der Waals surface area (Å²) in [6.07, 6.45) is 10.7. The summed E-state index contributed by atoms with van der Waals surface area (Å²) in [7, 11) is -3.08. The number of allylic oxidation sites excluding steroid dienone is 4. The molecule has 1 N–H and O–H groups in total. The van der Waals surface area contributed by atoms with E-state index < -0.39 is 9.84 Å². The quantitative estimate of drug-likeness (QED) is 0.652. The number of carbonyl (C=O) groups excluding carboxylic acids is 2. The number of amides is 2. The van der Waals surface area contributed by atoms with Crippen molar-refractivity contribution in [1.29, 1.82) is 0 Å². The van der Waals surface area contributed by atoms with Crippen LogP contribution in [0.3, 0.4) is 0 Å². The predicted molar refractivity (Wildman–Crippen MR) is 120 cm³/mol. The lowest BCUT2D eigenvalue weighted by molar-refractivity contribution is -0.126. The van der Waals surface area contributed by atoms with E-state index in [4.69, 9.17) is 4.42 Å². The molecule has 1 saturated heterocycles. The zero-order valence-electron chi connectivity index (χ0n) is 17.5. The highest BCUT2D eigenvalue weighted by atomic mass is 79.9. The van der Waals surface area contributed by atoms with Crippen LogP contribution in [-0.2, 0) is 14.6 Å². The van der Waals surface area contributed by atoms with E-state index in [1.807, 2.05) is 12.2 Å². The third-order valence-corrected chi connectivity index (χ3v) is 8.58. The fraction of sp³-hybridized carbons (Fsp3) is 0.545. The van der Waals surface area contributed by atoms with Gasteiger partial charge < -0.3 is 14.6 Å². The zero-order chi connectivity index (χ0) is 22.2. The Kier molecular flexibility index (Phi) is 6.44. The number of furan rings is 1. The number of halogens is 1. The summed E-state index contributed by atoms with van der Waals surface area (Å²) in [6.45, 7) is 0.427. The van der Waals surface area contributed by atoms with Gasteiger partial charge in [0, 0.05) is 24.9 Å². The summed E-state index contributed by atoms with van der Waals surface area (Å²) >= 11 is 3.18. The Bertz CT molecular complexity index is 1040. The summed E-state index contributed by atoms with van der Waals surface area (Å²) in [4.78, 5) is 26.6. The average molecular weight is 511 g/mol. The van der Waals surface area contributed by atoms with Crippen LogP contribution in [0.25, 0.3) is 0 Å². The van der Waals surface area contributed by atoms with E-state index in [-0.39, 0.29) is 41.2 Å². The Morgan fingerprint density at radius 1 is 1.19 bits per heavy atom. The Morgan fingerprint density at radius 2 is 1.97 bits per heavy atom. The molecule has 2 amide bonds. The van der Waals surface area contributed by atoms with E-state index >= 15 is 0 Å². The Balaban J connectivity index is 1.42. The van der Waals surface area contributed by atoms with Crippen molar-refractivity contribution in [1.82, 2.24) is 10.2 Å². The molecule has 1 saturated carbocycles. The molecule has 3 unspecified atom stereocenters. The topological polar surface area (TPSA) is 96.7 Å². The Labute approximate surface area is 191 Å². The molecule has 0 aromatic carbocycles. The molecule has 3 atom stereocenters. The monoisotopic (exact) mass is 510 g/mol. The second kappa shape index (κ2) is 8.94. The first-order valence-electron chi connectivity index (χ1n) is 10.7. The molecule has 2 fully saturated rings. The minimum atomic E-state index is -3.08. The van der Waals surface area contributed by atoms with Crippen LogP contribution in [-0.4, -0.2) is 49.2 Å². The number of likely N-dealkylation sites (tertiary alicyclic amines) is 1. The molecule has 1 aromatic rings. The number of nitrogens with one attached hydrogen (secondary N) is 1. The molecule has 31 heavy (non-hydrogen) atoms. The van der Waals surface area contributed by atoms with Gasteiger partial charge in [-0.15, -0.1) is 0 Å². The molecule has 9 heteroatoms. The zero-order valence-corrected chi connectivity index (χ0v) is 19.9. The van der Waals surface area contributed by atoms with Gasteiger partial charge in [-0.3, -0.25) is 9.59 Å². The summed E-state index contributed by atoms with van der Waals surface area (Å²) in [5.41, 5.74) is 2.11. The maximum atomic E-state index is 12.6. The fourth-order valence-corrected chi connectivity index (χ4v) is 6.79. The second-order valence-electron chi connectivity index (χ2n) is 8.64. The van der Waals surface area contributed by atoms with E-state index in [0.29, 0.717) is 17.6 Å².